The Morgan fingerprint density at radius 2 is 2.23 bits per heavy atom. The largest absolute Gasteiger partial charge is 0.492 e. The highest BCUT2D eigenvalue weighted by molar-refractivity contribution is 7.17. The van der Waals surface area contributed by atoms with Gasteiger partial charge in [0.2, 0.25) is 0 Å². The summed E-state index contributed by atoms with van der Waals surface area (Å²) in [4.78, 5) is 14.2. The summed E-state index contributed by atoms with van der Waals surface area (Å²) in [6.07, 6.45) is 0.979. The highest BCUT2D eigenvalue weighted by atomic mass is 32.1. The van der Waals surface area contributed by atoms with Crippen molar-refractivity contribution in [2.24, 2.45) is 0 Å². The van der Waals surface area contributed by atoms with Crippen molar-refractivity contribution >= 4 is 17.2 Å². The highest BCUT2D eigenvalue weighted by Crippen LogP contribution is 2.36. The van der Waals surface area contributed by atoms with Gasteiger partial charge < -0.3 is 15.4 Å². The quantitative estimate of drug-likeness (QED) is 0.892. The number of hydrogen-bond acceptors (Lipinski definition) is 4. The summed E-state index contributed by atoms with van der Waals surface area (Å²) in [5.74, 6) is 0.638. The van der Waals surface area contributed by atoms with E-state index in [2.05, 4.69) is 10.6 Å². The van der Waals surface area contributed by atoms with E-state index in [0.717, 1.165) is 30.0 Å². The van der Waals surface area contributed by atoms with E-state index in [1.54, 1.807) is 0 Å². The van der Waals surface area contributed by atoms with Crippen LogP contribution >= 0.6 is 11.3 Å². The molecule has 22 heavy (non-hydrogen) atoms. The second-order valence-corrected chi connectivity index (χ2v) is 6.32. The van der Waals surface area contributed by atoms with Gasteiger partial charge in [0.1, 0.15) is 10.6 Å². The topological polar surface area (TPSA) is 50.4 Å². The van der Waals surface area contributed by atoms with Crippen LogP contribution in [-0.4, -0.2) is 31.6 Å². The van der Waals surface area contributed by atoms with Crippen LogP contribution in [0.5, 0.6) is 5.75 Å². The first-order valence-corrected chi connectivity index (χ1v) is 8.43. The molecule has 0 spiro atoms. The van der Waals surface area contributed by atoms with Crippen molar-refractivity contribution in [1.82, 2.24) is 10.6 Å². The van der Waals surface area contributed by atoms with Crippen LogP contribution in [0.2, 0.25) is 0 Å². The molecule has 1 aromatic heterocycles. The third kappa shape index (κ3) is 3.31. The van der Waals surface area contributed by atoms with Crippen LogP contribution in [0.3, 0.4) is 0 Å². The average Bonchev–Trinajstić information content (AvgIpc) is 3.18. The fourth-order valence-corrected chi connectivity index (χ4v) is 3.58. The number of amides is 1. The van der Waals surface area contributed by atoms with Gasteiger partial charge in [-0.15, -0.1) is 11.3 Å². The number of benzene rings is 1. The zero-order valence-electron chi connectivity index (χ0n) is 12.6. The van der Waals surface area contributed by atoms with Crippen molar-refractivity contribution in [2.45, 2.75) is 19.4 Å². The summed E-state index contributed by atoms with van der Waals surface area (Å²) < 4.78 is 5.66. The van der Waals surface area contributed by atoms with Crippen LogP contribution in [-0.2, 0) is 0 Å². The minimum atomic E-state index is -0.0377. The predicted molar refractivity (Wildman–Crippen MR) is 89.7 cm³/mol. The monoisotopic (exact) mass is 316 g/mol. The molecular formula is C17H20N2O2S. The van der Waals surface area contributed by atoms with Crippen molar-refractivity contribution in [3.05, 3.63) is 41.3 Å². The summed E-state index contributed by atoms with van der Waals surface area (Å²) in [5, 5.41) is 6.35. The zero-order chi connectivity index (χ0) is 15.4. The fourth-order valence-electron chi connectivity index (χ4n) is 2.57. The lowest BCUT2D eigenvalue weighted by Crippen LogP contribution is -2.35. The predicted octanol–water partition coefficient (Wildman–Crippen LogP) is 2.91. The first kappa shape index (κ1) is 15.1. The van der Waals surface area contributed by atoms with E-state index in [0.29, 0.717) is 17.2 Å². The maximum atomic E-state index is 12.5. The van der Waals surface area contributed by atoms with Gasteiger partial charge in [-0.1, -0.05) is 30.3 Å². The second kappa shape index (κ2) is 6.94. The van der Waals surface area contributed by atoms with Crippen molar-refractivity contribution in [2.75, 3.05) is 19.7 Å². The maximum absolute atomic E-state index is 12.5. The normalized spacial score (nSPS) is 17.4. The minimum Gasteiger partial charge on any atom is -0.492 e. The molecule has 4 nitrogen and oxygen atoms in total. The third-order valence-electron chi connectivity index (χ3n) is 3.66. The molecule has 1 fully saturated rings. The number of carbonyl (C=O) groups excluding carboxylic acids is 1. The van der Waals surface area contributed by atoms with Gasteiger partial charge in [0.15, 0.2) is 0 Å². The molecule has 0 radical (unpaired) electrons. The summed E-state index contributed by atoms with van der Waals surface area (Å²) in [6, 6.07) is 12.3. The van der Waals surface area contributed by atoms with E-state index in [4.69, 9.17) is 4.74 Å². The Morgan fingerprint density at radius 3 is 2.91 bits per heavy atom. The molecule has 1 saturated heterocycles. The number of rotatable bonds is 5. The van der Waals surface area contributed by atoms with E-state index in [-0.39, 0.29) is 11.9 Å². The van der Waals surface area contributed by atoms with Crippen LogP contribution < -0.4 is 15.4 Å². The van der Waals surface area contributed by atoms with E-state index in [1.165, 1.54) is 11.3 Å². The zero-order valence-corrected chi connectivity index (χ0v) is 13.4. The number of thiophene rings is 1. The van der Waals surface area contributed by atoms with Gasteiger partial charge in [-0.25, -0.2) is 0 Å². The molecule has 2 N–H and O–H groups in total. The van der Waals surface area contributed by atoms with Crippen LogP contribution in [0.25, 0.3) is 10.4 Å². The number of nitrogens with one attached hydrogen (secondary N) is 2. The summed E-state index contributed by atoms with van der Waals surface area (Å²) >= 11 is 1.49. The number of hydrogen-bond donors (Lipinski definition) is 2. The van der Waals surface area contributed by atoms with Gasteiger partial charge in [-0.05, 0) is 31.5 Å². The Balaban J connectivity index is 1.85. The maximum Gasteiger partial charge on any atom is 0.265 e. The molecule has 0 saturated carbocycles. The van der Waals surface area contributed by atoms with E-state index < -0.39 is 0 Å². The SMILES string of the molecule is CCOc1cc(-c2ccccc2)sc1C(=O)NC1CCNC1. The third-order valence-corrected chi connectivity index (χ3v) is 4.82. The minimum absolute atomic E-state index is 0.0377. The van der Waals surface area contributed by atoms with Crippen LogP contribution in [0, 0.1) is 0 Å². The van der Waals surface area contributed by atoms with Gasteiger partial charge in [0, 0.05) is 17.5 Å². The van der Waals surface area contributed by atoms with E-state index in [9.17, 15) is 4.79 Å². The standard InChI is InChI=1S/C17H20N2O2S/c1-2-21-14-10-15(12-6-4-3-5-7-12)22-16(14)17(20)19-13-8-9-18-11-13/h3-7,10,13,18H,2,8-9,11H2,1H3,(H,19,20). The number of ether oxygens (including phenoxy) is 1. The van der Waals surface area contributed by atoms with Gasteiger partial charge in [0.05, 0.1) is 6.61 Å². The average molecular weight is 316 g/mol. The smallest absolute Gasteiger partial charge is 0.265 e. The molecule has 1 amide bonds. The van der Waals surface area contributed by atoms with Gasteiger partial charge in [0.25, 0.3) is 5.91 Å². The number of carbonyl (C=O) groups is 1. The van der Waals surface area contributed by atoms with Gasteiger partial charge in [-0.3, -0.25) is 4.79 Å². The molecule has 5 heteroatoms. The summed E-state index contributed by atoms with van der Waals surface area (Å²) in [6.45, 7) is 4.29. The molecule has 2 heterocycles. The Hall–Kier alpha value is -1.85. The molecule has 1 aromatic carbocycles. The molecule has 0 bridgehead atoms. The Kier molecular flexibility index (Phi) is 4.75. The molecule has 116 valence electrons. The van der Waals surface area contributed by atoms with Gasteiger partial charge >= 0.3 is 0 Å². The van der Waals surface area contributed by atoms with Crippen LogP contribution in [0.1, 0.15) is 23.0 Å². The van der Waals surface area contributed by atoms with Crippen LogP contribution in [0.15, 0.2) is 36.4 Å². The summed E-state index contributed by atoms with van der Waals surface area (Å²) in [7, 11) is 0. The second-order valence-electron chi connectivity index (χ2n) is 5.27. The van der Waals surface area contributed by atoms with Crippen molar-refractivity contribution in [1.29, 1.82) is 0 Å². The summed E-state index contributed by atoms with van der Waals surface area (Å²) in [5.41, 5.74) is 1.11. The lowest BCUT2D eigenvalue weighted by molar-refractivity contribution is 0.0941. The molecule has 1 unspecified atom stereocenters. The Morgan fingerprint density at radius 1 is 1.41 bits per heavy atom. The van der Waals surface area contributed by atoms with Crippen molar-refractivity contribution < 1.29 is 9.53 Å². The molecule has 2 aromatic rings. The molecular weight excluding hydrogens is 296 g/mol. The fraction of sp³-hybridized carbons (Fsp3) is 0.353. The molecule has 1 aliphatic heterocycles. The van der Waals surface area contributed by atoms with Crippen molar-refractivity contribution in [3.8, 4) is 16.2 Å². The lowest BCUT2D eigenvalue weighted by Gasteiger charge is -2.11. The van der Waals surface area contributed by atoms with Gasteiger partial charge in [-0.2, -0.15) is 0 Å². The molecule has 0 aliphatic carbocycles. The van der Waals surface area contributed by atoms with E-state index >= 15 is 0 Å². The van der Waals surface area contributed by atoms with Crippen molar-refractivity contribution in [3.63, 3.8) is 0 Å². The first-order valence-electron chi connectivity index (χ1n) is 7.61. The Labute approximate surface area is 134 Å². The van der Waals surface area contributed by atoms with Crippen LogP contribution in [0.4, 0.5) is 0 Å². The first-order chi connectivity index (χ1) is 10.8. The molecule has 3 rings (SSSR count). The Bertz CT molecular complexity index is 633. The van der Waals surface area contributed by atoms with E-state index in [1.807, 2.05) is 43.3 Å². The molecule has 1 atom stereocenters. The molecule has 1 aliphatic rings. The lowest BCUT2D eigenvalue weighted by atomic mass is 10.2. The highest BCUT2D eigenvalue weighted by Gasteiger charge is 2.22.